The minimum atomic E-state index is 0.00563. The molecule has 0 N–H and O–H groups in total. The molecule has 3 rings (SSSR count). The van der Waals surface area contributed by atoms with E-state index >= 15 is 0 Å². The van der Waals surface area contributed by atoms with Crippen molar-refractivity contribution in [3.05, 3.63) is 61.7 Å². The Bertz CT molecular complexity index is 885. The zero-order chi connectivity index (χ0) is 17.3. The van der Waals surface area contributed by atoms with Crippen LogP contribution in [0.2, 0.25) is 5.02 Å². The first-order valence-electron chi connectivity index (χ1n) is 7.47. The highest BCUT2D eigenvalue weighted by Crippen LogP contribution is 2.30. The van der Waals surface area contributed by atoms with Gasteiger partial charge in [0, 0.05) is 22.5 Å². The number of carbonyl (C=O) groups excluding carboxylic acids is 1. The van der Waals surface area contributed by atoms with E-state index in [2.05, 4.69) is 23.4 Å². The number of rotatable bonds is 4. The Kier molecular flexibility index (Phi) is 5.04. The smallest absolute Gasteiger partial charge is 0.265 e. The number of hydrogen-bond donors (Lipinski definition) is 0. The molecule has 0 aliphatic rings. The van der Waals surface area contributed by atoms with Gasteiger partial charge in [-0.15, -0.1) is 22.7 Å². The summed E-state index contributed by atoms with van der Waals surface area (Å²) >= 11 is 9.15. The number of benzene rings is 1. The van der Waals surface area contributed by atoms with Gasteiger partial charge in [0.05, 0.1) is 12.2 Å². The molecule has 2 aromatic heterocycles. The monoisotopic (exact) mass is 376 g/mol. The van der Waals surface area contributed by atoms with Crippen molar-refractivity contribution < 1.29 is 4.79 Å². The fourth-order valence-electron chi connectivity index (χ4n) is 2.37. The van der Waals surface area contributed by atoms with Gasteiger partial charge in [-0.05, 0) is 43.0 Å². The Balaban J connectivity index is 1.84. The van der Waals surface area contributed by atoms with E-state index in [9.17, 15) is 4.79 Å². The molecule has 3 aromatic rings. The van der Waals surface area contributed by atoms with Crippen LogP contribution in [0.4, 0.5) is 0 Å². The van der Waals surface area contributed by atoms with E-state index in [4.69, 9.17) is 11.6 Å². The van der Waals surface area contributed by atoms with Crippen LogP contribution in [-0.4, -0.2) is 22.8 Å². The van der Waals surface area contributed by atoms with Crippen molar-refractivity contribution >= 4 is 40.2 Å². The number of nitrogens with zero attached hydrogens (tertiary/aromatic N) is 2. The second-order valence-corrected chi connectivity index (χ2v) is 8.07. The van der Waals surface area contributed by atoms with Crippen molar-refractivity contribution in [1.82, 2.24) is 9.88 Å². The lowest BCUT2D eigenvalue weighted by Gasteiger charge is -2.16. The van der Waals surface area contributed by atoms with E-state index < -0.39 is 0 Å². The fraction of sp³-hybridized carbons (Fsp3) is 0.222. The molecule has 2 heterocycles. The summed E-state index contributed by atoms with van der Waals surface area (Å²) in [6.07, 6.45) is 0. The lowest BCUT2D eigenvalue weighted by Crippen LogP contribution is -2.25. The Labute approximate surface area is 154 Å². The Hall–Kier alpha value is -1.69. The van der Waals surface area contributed by atoms with Gasteiger partial charge < -0.3 is 4.90 Å². The molecule has 0 saturated heterocycles. The van der Waals surface area contributed by atoms with Gasteiger partial charge in [-0.2, -0.15) is 0 Å². The lowest BCUT2D eigenvalue weighted by molar-refractivity contribution is 0.0790. The topological polar surface area (TPSA) is 33.2 Å². The van der Waals surface area contributed by atoms with E-state index in [1.54, 1.807) is 16.2 Å². The fourth-order valence-corrected chi connectivity index (χ4v) is 4.57. The lowest BCUT2D eigenvalue weighted by atomic mass is 10.2. The molecule has 0 atom stereocenters. The maximum Gasteiger partial charge on any atom is 0.265 e. The SMILES string of the molecule is Cc1ccsc1CN(C)C(=O)c1sc(-c2cccc(Cl)c2)nc1C. The standard InChI is InChI=1S/C18H17ClN2OS2/c1-11-7-8-23-15(11)10-21(3)18(22)16-12(2)20-17(24-16)13-5-4-6-14(19)9-13/h4-9H,10H2,1-3H3. The van der Waals surface area contributed by atoms with Gasteiger partial charge in [0.1, 0.15) is 9.88 Å². The summed E-state index contributed by atoms with van der Waals surface area (Å²) in [5.41, 5.74) is 2.92. The first kappa shape index (κ1) is 17.1. The summed E-state index contributed by atoms with van der Waals surface area (Å²) in [5, 5.41) is 3.54. The maximum atomic E-state index is 12.8. The van der Waals surface area contributed by atoms with E-state index in [1.165, 1.54) is 21.8 Å². The van der Waals surface area contributed by atoms with Crippen molar-refractivity contribution in [1.29, 1.82) is 0 Å². The predicted molar refractivity (Wildman–Crippen MR) is 102 cm³/mol. The molecular weight excluding hydrogens is 360 g/mol. The van der Waals surface area contributed by atoms with E-state index in [0.717, 1.165) is 16.3 Å². The van der Waals surface area contributed by atoms with Crippen molar-refractivity contribution in [2.24, 2.45) is 0 Å². The first-order chi connectivity index (χ1) is 11.5. The highest BCUT2D eigenvalue weighted by molar-refractivity contribution is 7.17. The summed E-state index contributed by atoms with van der Waals surface area (Å²) in [5.74, 6) is 0.00563. The third kappa shape index (κ3) is 3.53. The van der Waals surface area contributed by atoms with Gasteiger partial charge in [-0.25, -0.2) is 4.98 Å². The number of aromatic nitrogens is 1. The average molecular weight is 377 g/mol. The number of aryl methyl sites for hydroxylation is 2. The second kappa shape index (κ2) is 7.05. The predicted octanol–water partition coefficient (Wildman–Crippen LogP) is 5.41. The van der Waals surface area contributed by atoms with Crippen molar-refractivity contribution in [2.75, 3.05) is 7.05 Å². The maximum absolute atomic E-state index is 12.8. The van der Waals surface area contributed by atoms with Crippen LogP contribution in [0, 0.1) is 13.8 Å². The highest BCUT2D eigenvalue weighted by atomic mass is 35.5. The third-order valence-corrected chi connectivity index (χ3v) is 6.20. The normalized spacial score (nSPS) is 10.8. The number of amides is 1. The van der Waals surface area contributed by atoms with Crippen LogP contribution in [0.5, 0.6) is 0 Å². The summed E-state index contributed by atoms with van der Waals surface area (Å²) in [6, 6.07) is 9.62. The molecule has 0 fully saturated rings. The molecule has 6 heteroatoms. The van der Waals surface area contributed by atoms with Gasteiger partial charge in [0.2, 0.25) is 0 Å². The Morgan fingerprint density at radius 2 is 2.08 bits per heavy atom. The molecule has 0 saturated carbocycles. The molecule has 0 aliphatic carbocycles. The van der Waals surface area contributed by atoms with Gasteiger partial charge in [-0.1, -0.05) is 23.7 Å². The molecule has 1 amide bonds. The minimum Gasteiger partial charge on any atom is -0.336 e. The van der Waals surface area contributed by atoms with Crippen LogP contribution in [-0.2, 0) is 6.54 Å². The summed E-state index contributed by atoms with van der Waals surface area (Å²) in [6.45, 7) is 4.56. The molecule has 0 spiro atoms. The molecule has 24 heavy (non-hydrogen) atoms. The average Bonchev–Trinajstić information content (AvgIpc) is 3.13. The van der Waals surface area contributed by atoms with Crippen LogP contribution >= 0.6 is 34.3 Å². The van der Waals surface area contributed by atoms with Gasteiger partial charge in [0.15, 0.2) is 0 Å². The number of halogens is 1. The van der Waals surface area contributed by atoms with Crippen LogP contribution in [0.1, 0.15) is 25.8 Å². The van der Waals surface area contributed by atoms with Gasteiger partial charge >= 0.3 is 0 Å². The summed E-state index contributed by atoms with van der Waals surface area (Å²) in [4.78, 5) is 21.0. The van der Waals surface area contributed by atoms with Crippen LogP contribution in [0.15, 0.2) is 35.7 Å². The zero-order valence-corrected chi connectivity index (χ0v) is 16.1. The summed E-state index contributed by atoms with van der Waals surface area (Å²) < 4.78 is 0. The van der Waals surface area contributed by atoms with Gasteiger partial charge in [0.25, 0.3) is 5.91 Å². The first-order valence-corrected chi connectivity index (χ1v) is 9.55. The molecule has 3 nitrogen and oxygen atoms in total. The number of hydrogen-bond acceptors (Lipinski definition) is 4. The number of thiazole rings is 1. The third-order valence-electron chi connectivity index (χ3n) is 3.76. The van der Waals surface area contributed by atoms with E-state index in [1.807, 2.05) is 38.2 Å². The second-order valence-electron chi connectivity index (χ2n) is 5.63. The molecule has 0 bridgehead atoms. The Morgan fingerprint density at radius 1 is 1.29 bits per heavy atom. The highest BCUT2D eigenvalue weighted by Gasteiger charge is 2.20. The van der Waals surface area contributed by atoms with Crippen molar-refractivity contribution in [3.63, 3.8) is 0 Å². The zero-order valence-electron chi connectivity index (χ0n) is 13.7. The molecule has 0 unspecified atom stereocenters. The molecule has 0 radical (unpaired) electrons. The molecule has 124 valence electrons. The summed E-state index contributed by atoms with van der Waals surface area (Å²) in [7, 11) is 1.83. The number of thiophene rings is 1. The van der Waals surface area contributed by atoms with Crippen LogP contribution in [0.25, 0.3) is 10.6 Å². The minimum absolute atomic E-state index is 0.00563. The number of carbonyl (C=O) groups is 1. The van der Waals surface area contributed by atoms with Gasteiger partial charge in [-0.3, -0.25) is 4.79 Å². The molecule has 0 aliphatic heterocycles. The van der Waals surface area contributed by atoms with Crippen molar-refractivity contribution in [2.45, 2.75) is 20.4 Å². The quantitative estimate of drug-likeness (QED) is 0.609. The van der Waals surface area contributed by atoms with Crippen LogP contribution in [0.3, 0.4) is 0 Å². The molecule has 1 aromatic carbocycles. The van der Waals surface area contributed by atoms with E-state index in [0.29, 0.717) is 16.4 Å². The van der Waals surface area contributed by atoms with E-state index in [-0.39, 0.29) is 5.91 Å². The largest absolute Gasteiger partial charge is 0.336 e. The van der Waals surface area contributed by atoms with Crippen molar-refractivity contribution in [3.8, 4) is 10.6 Å². The van der Waals surface area contributed by atoms with Crippen LogP contribution < -0.4 is 0 Å². The Morgan fingerprint density at radius 3 is 2.75 bits per heavy atom. The molecular formula is C18H17ClN2OS2.